The number of nitrogens with zero attached hydrogens (tertiary/aromatic N) is 2. The molecule has 0 N–H and O–H groups in total. The van der Waals surface area contributed by atoms with Gasteiger partial charge in [0.15, 0.2) is 0 Å². The van der Waals surface area contributed by atoms with E-state index in [1.807, 2.05) is 18.2 Å². The lowest BCUT2D eigenvalue weighted by atomic mass is 10.1. The molecular weight excluding hydrogens is 268 g/mol. The molecule has 0 atom stereocenters. The fourth-order valence-electron chi connectivity index (χ4n) is 2.59. The van der Waals surface area contributed by atoms with Crippen molar-refractivity contribution in [3.8, 4) is 0 Å². The van der Waals surface area contributed by atoms with Crippen LogP contribution >= 0.6 is 0 Å². The Bertz CT molecular complexity index is 629. The second-order valence-corrected chi connectivity index (χ2v) is 5.27. The van der Waals surface area contributed by atoms with Gasteiger partial charge in [-0.2, -0.15) is 0 Å². The van der Waals surface area contributed by atoms with Crippen LogP contribution in [0.25, 0.3) is 0 Å². The van der Waals surface area contributed by atoms with Gasteiger partial charge in [0.2, 0.25) is 0 Å². The molecule has 114 valence electrons. The number of aliphatic imine (C=N–C) groups is 1. The maximum absolute atomic E-state index is 4.18. The summed E-state index contributed by atoms with van der Waals surface area (Å²) in [7, 11) is 0. The lowest BCUT2D eigenvalue weighted by Crippen LogP contribution is -2.20. The van der Waals surface area contributed by atoms with Gasteiger partial charge in [-0.1, -0.05) is 55.3 Å². The molecule has 0 aromatic heterocycles. The molecule has 0 amide bonds. The molecular formula is C20H24N2. The fraction of sp³-hybridized carbons (Fsp3) is 0.250. The van der Waals surface area contributed by atoms with Crippen molar-refractivity contribution in [2.75, 3.05) is 11.4 Å². The summed E-state index contributed by atoms with van der Waals surface area (Å²) < 4.78 is 0. The maximum atomic E-state index is 4.18. The van der Waals surface area contributed by atoms with Crippen LogP contribution in [0.15, 0.2) is 71.2 Å². The smallest absolute Gasteiger partial charge is 0.0859 e. The second-order valence-electron chi connectivity index (χ2n) is 5.27. The summed E-state index contributed by atoms with van der Waals surface area (Å²) in [6.07, 6.45) is 4.50. The Labute approximate surface area is 133 Å². The van der Waals surface area contributed by atoms with E-state index in [1.165, 1.54) is 11.3 Å². The quantitative estimate of drug-likeness (QED) is 0.458. The molecule has 0 aliphatic heterocycles. The van der Waals surface area contributed by atoms with Crippen LogP contribution in [-0.2, 0) is 0 Å². The highest BCUT2D eigenvalue weighted by Gasteiger charge is 2.13. The molecule has 0 spiro atoms. The van der Waals surface area contributed by atoms with E-state index in [4.69, 9.17) is 0 Å². The zero-order valence-corrected chi connectivity index (χ0v) is 13.5. The molecule has 0 heterocycles. The predicted octanol–water partition coefficient (Wildman–Crippen LogP) is 5.90. The Morgan fingerprint density at radius 2 is 1.77 bits per heavy atom. The third-order valence-corrected chi connectivity index (χ3v) is 3.75. The maximum Gasteiger partial charge on any atom is 0.0859 e. The summed E-state index contributed by atoms with van der Waals surface area (Å²) in [4.78, 5) is 6.50. The summed E-state index contributed by atoms with van der Waals surface area (Å²) in [5, 5.41) is 0. The molecule has 0 aliphatic carbocycles. The number of anilines is 2. The molecule has 0 unspecified atom stereocenters. The largest absolute Gasteiger partial charge is 0.336 e. The van der Waals surface area contributed by atoms with Gasteiger partial charge in [0.05, 0.1) is 11.4 Å². The van der Waals surface area contributed by atoms with Gasteiger partial charge in [0.25, 0.3) is 0 Å². The molecule has 2 nitrogen and oxygen atoms in total. The highest BCUT2D eigenvalue weighted by atomic mass is 15.1. The van der Waals surface area contributed by atoms with Gasteiger partial charge in [-0.3, -0.25) is 4.99 Å². The van der Waals surface area contributed by atoms with Crippen LogP contribution < -0.4 is 4.90 Å². The number of allylic oxidation sites excluding steroid dienone is 1. The van der Waals surface area contributed by atoms with Crippen molar-refractivity contribution in [1.82, 2.24) is 0 Å². The van der Waals surface area contributed by atoms with Crippen LogP contribution in [0.1, 0.15) is 26.7 Å². The molecule has 0 fully saturated rings. The van der Waals surface area contributed by atoms with Gasteiger partial charge < -0.3 is 4.90 Å². The van der Waals surface area contributed by atoms with E-state index in [-0.39, 0.29) is 0 Å². The topological polar surface area (TPSA) is 15.6 Å². The molecule has 2 rings (SSSR count). The number of benzene rings is 2. The van der Waals surface area contributed by atoms with E-state index >= 15 is 0 Å². The average molecular weight is 292 g/mol. The van der Waals surface area contributed by atoms with Crippen LogP contribution in [0.5, 0.6) is 0 Å². The van der Waals surface area contributed by atoms with Crippen LogP contribution in [0.3, 0.4) is 0 Å². The van der Waals surface area contributed by atoms with E-state index in [2.05, 4.69) is 72.9 Å². The van der Waals surface area contributed by atoms with Crippen molar-refractivity contribution in [2.24, 2.45) is 4.99 Å². The summed E-state index contributed by atoms with van der Waals surface area (Å²) in [6, 6.07) is 18.6. The van der Waals surface area contributed by atoms with Gasteiger partial charge >= 0.3 is 0 Å². The first-order chi connectivity index (χ1) is 10.8. The highest BCUT2D eigenvalue weighted by Crippen LogP contribution is 2.34. The average Bonchev–Trinajstić information content (AvgIpc) is 2.59. The molecule has 0 aliphatic rings. The Hall–Kier alpha value is -2.35. The zero-order chi connectivity index (χ0) is 15.8. The van der Waals surface area contributed by atoms with E-state index in [0.29, 0.717) is 0 Å². The van der Waals surface area contributed by atoms with E-state index in [1.54, 1.807) is 0 Å². The number of rotatable bonds is 7. The van der Waals surface area contributed by atoms with Crippen molar-refractivity contribution in [2.45, 2.75) is 26.7 Å². The fourth-order valence-corrected chi connectivity index (χ4v) is 2.59. The first-order valence-electron chi connectivity index (χ1n) is 7.82. The minimum Gasteiger partial charge on any atom is -0.336 e. The molecule has 0 bridgehead atoms. The third-order valence-electron chi connectivity index (χ3n) is 3.75. The van der Waals surface area contributed by atoms with Crippen LogP contribution in [-0.4, -0.2) is 13.3 Å². The van der Waals surface area contributed by atoms with Gasteiger partial charge in [0, 0.05) is 12.2 Å². The third kappa shape index (κ3) is 3.85. The highest BCUT2D eigenvalue weighted by molar-refractivity contribution is 5.76. The number of hydrogen-bond donors (Lipinski definition) is 0. The van der Waals surface area contributed by atoms with Crippen molar-refractivity contribution in [3.63, 3.8) is 0 Å². The molecule has 0 saturated heterocycles. The molecule has 2 aromatic rings. The Balaban J connectivity index is 2.44. The summed E-state index contributed by atoms with van der Waals surface area (Å²) in [5.74, 6) is 0. The standard InChI is InChI=1S/C20H24N2/c1-4-11-17(5-2)16-22(18-12-7-6-8-13-18)20-15-10-9-14-19(20)21-3/h5-10,12-15H,3-4,11,16H2,1-2H3/b17-5+. The molecule has 2 aromatic carbocycles. The van der Waals surface area contributed by atoms with E-state index < -0.39 is 0 Å². The predicted molar refractivity (Wildman–Crippen MR) is 97.8 cm³/mol. The van der Waals surface area contributed by atoms with Gasteiger partial charge in [-0.05, 0) is 44.3 Å². The summed E-state index contributed by atoms with van der Waals surface area (Å²) in [6.45, 7) is 8.92. The molecule has 0 radical (unpaired) electrons. The number of hydrogen-bond acceptors (Lipinski definition) is 2. The van der Waals surface area contributed by atoms with Crippen LogP contribution in [0.2, 0.25) is 0 Å². The first-order valence-corrected chi connectivity index (χ1v) is 7.82. The molecule has 2 heteroatoms. The van der Waals surface area contributed by atoms with Crippen LogP contribution in [0, 0.1) is 0 Å². The van der Waals surface area contributed by atoms with Crippen molar-refractivity contribution in [1.29, 1.82) is 0 Å². The van der Waals surface area contributed by atoms with Crippen molar-refractivity contribution in [3.05, 3.63) is 66.2 Å². The minimum absolute atomic E-state index is 0.876. The second kappa shape index (κ2) is 8.18. The first kappa shape index (κ1) is 16.0. The summed E-state index contributed by atoms with van der Waals surface area (Å²) in [5.41, 5.74) is 4.62. The van der Waals surface area contributed by atoms with E-state index in [0.717, 1.165) is 30.8 Å². The van der Waals surface area contributed by atoms with Crippen molar-refractivity contribution >= 4 is 23.8 Å². The van der Waals surface area contributed by atoms with Gasteiger partial charge in [-0.15, -0.1) is 0 Å². The Morgan fingerprint density at radius 1 is 1.09 bits per heavy atom. The molecule has 0 saturated carbocycles. The Kier molecular flexibility index (Phi) is 5.96. The zero-order valence-electron chi connectivity index (χ0n) is 13.5. The van der Waals surface area contributed by atoms with Crippen LogP contribution in [0.4, 0.5) is 17.1 Å². The number of para-hydroxylation sites is 3. The van der Waals surface area contributed by atoms with E-state index in [9.17, 15) is 0 Å². The SMILES string of the molecule is C=Nc1ccccc1N(C/C(=C/C)CCC)c1ccccc1. The van der Waals surface area contributed by atoms with Gasteiger partial charge in [0.1, 0.15) is 0 Å². The Morgan fingerprint density at radius 3 is 2.41 bits per heavy atom. The lowest BCUT2D eigenvalue weighted by molar-refractivity contribution is 0.858. The lowest BCUT2D eigenvalue weighted by Gasteiger charge is -2.27. The molecule has 22 heavy (non-hydrogen) atoms. The summed E-state index contributed by atoms with van der Waals surface area (Å²) >= 11 is 0. The minimum atomic E-state index is 0.876. The monoisotopic (exact) mass is 292 g/mol. The van der Waals surface area contributed by atoms with Gasteiger partial charge in [-0.25, -0.2) is 0 Å². The normalized spacial score (nSPS) is 11.3. The van der Waals surface area contributed by atoms with Crippen molar-refractivity contribution < 1.29 is 0 Å².